The average molecular weight is 430 g/mol. The van der Waals surface area contributed by atoms with Gasteiger partial charge < -0.3 is 9.88 Å². The average Bonchev–Trinajstić information content (AvgIpc) is 2.99. The van der Waals surface area contributed by atoms with E-state index in [0.29, 0.717) is 18.4 Å². The van der Waals surface area contributed by atoms with Gasteiger partial charge in [-0.1, -0.05) is 30.3 Å². The molecular formula is C21H20F2N4O2S. The Hall–Kier alpha value is -3.04. The van der Waals surface area contributed by atoms with E-state index in [1.807, 2.05) is 30.3 Å². The van der Waals surface area contributed by atoms with Gasteiger partial charge in [-0.25, -0.2) is 22.5 Å². The largest absolute Gasteiger partial charge is 0.345 e. The van der Waals surface area contributed by atoms with Crippen molar-refractivity contribution in [1.29, 1.82) is 4.78 Å². The smallest absolute Gasteiger partial charge is 0.272 e. The summed E-state index contributed by atoms with van der Waals surface area (Å²) in [5.41, 5.74) is 1.78. The number of hydrogen-bond acceptors (Lipinski definition) is 3. The Balaban J connectivity index is 1.68. The van der Waals surface area contributed by atoms with Crippen molar-refractivity contribution >= 4 is 21.5 Å². The number of carbonyl (C=O) groups excluding carboxylic acids is 1. The molecule has 0 radical (unpaired) electrons. The van der Waals surface area contributed by atoms with E-state index in [1.54, 1.807) is 7.05 Å². The molecule has 1 aliphatic heterocycles. The van der Waals surface area contributed by atoms with Crippen LogP contribution >= 0.6 is 0 Å². The lowest BCUT2D eigenvalue weighted by Gasteiger charge is -2.17. The highest BCUT2D eigenvalue weighted by molar-refractivity contribution is 7.90. The number of benzene rings is 2. The SMILES string of the molecule is Cn1cc2c(c1C(=O)Nc1ccc(F)c(F)c1)CC[C@H](c1ccccc1)NS2(=N)=O. The van der Waals surface area contributed by atoms with Crippen molar-refractivity contribution in [3.8, 4) is 0 Å². The fourth-order valence-electron chi connectivity index (χ4n) is 3.73. The predicted octanol–water partition coefficient (Wildman–Crippen LogP) is 4.15. The Morgan fingerprint density at radius 1 is 1.20 bits per heavy atom. The highest BCUT2D eigenvalue weighted by Crippen LogP contribution is 2.32. The zero-order chi connectivity index (χ0) is 21.5. The molecule has 6 nitrogen and oxygen atoms in total. The topological polar surface area (TPSA) is 87.0 Å². The number of aromatic nitrogens is 1. The van der Waals surface area contributed by atoms with Gasteiger partial charge >= 0.3 is 0 Å². The van der Waals surface area contributed by atoms with Gasteiger partial charge in [-0.15, -0.1) is 0 Å². The van der Waals surface area contributed by atoms with Crippen LogP contribution in [0.15, 0.2) is 59.6 Å². The first-order valence-corrected chi connectivity index (χ1v) is 10.9. The third-order valence-corrected chi connectivity index (χ3v) is 6.73. The first kappa shape index (κ1) is 20.2. The molecule has 1 aromatic heterocycles. The number of carbonyl (C=O) groups is 1. The molecule has 0 saturated heterocycles. The third kappa shape index (κ3) is 3.73. The molecule has 3 aromatic rings. The second kappa shape index (κ2) is 7.66. The summed E-state index contributed by atoms with van der Waals surface area (Å²) >= 11 is 0. The van der Waals surface area contributed by atoms with Crippen LogP contribution in [-0.4, -0.2) is 14.7 Å². The van der Waals surface area contributed by atoms with E-state index in [1.165, 1.54) is 16.8 Å². The van der Waals surface area contributed by atoms with E-state index in [2.05, 4.69) is 10.0 Å². The lowest BCUT2D eigenvalue weighted by Crippen LogP contribution is -2.26. The number of rotatable bonds is 3. The quantitative estimate of drug-likeness (QED) is 0.583. The van der Waals surface area contributed by atoms with Crippen LogP contribution in [-0.2, 0) is 23.4 Å². The van der Waals surface area contributed by atoms with Gasteiger partial charge in [0.05, 0.1) is 4.90 Å². The maximum Gasteiger partial charge on any atom is 0.272 e. The Labute approximate surface area is 173 Å². The van der Waals surface area contributed by atoms with Gasteiger partial charge in [0.25, 0.3) is 5.91 Å². The minimum Gasteiger partial charge on any atom is -0.345 e. The molecule has 0 spiro atoms. The van der Waals surface area contributed by atoms with E-state index >= 15 is 0 Å². The predicted molar refractivity (Wildman–Crippen MR) is 109 cm³/mol. The van der Waals surface area contributed by atoms with E-state index < -0.39 is 27.5 Å². The van der Waals surface area contributed by atoms with Crippen LogP contribution in [0.1, 0.15) is 34.1 Å². The lowest BCUT2D eigenvalue weighted by atomic mass is 9.99. The Bertz CT molecular complexity index is 1220. The van der Waals surface area contributed by atoms with E-state index in [9.17, 15) is 17.8 Å². The number of amides is 1. The zero-order valence-corrected chi connectivity index (χ0v) is 16.9. The summed E-state index contributed by atoms with van der Waals surface area (Å²) in [6.45, 7) is 0. The first-order chi connectivity index (χ1) is 14.3. The van der Waals surface area contributed by atoms with Crippen LogP contribution in [0, 0.1) is 16.4 Å². The fourth-order valence-corrected chi connectivity index (χ4v) is 5.36. The van der Waals surface area contributed by atoms with Crippen LogP contribution in [0.5, 0.6) is 0 Å². The van der Waals surface area contributed by atoms with Gasteiger partial charge in [-0.3, -0.25) is 4.79 Å². The van der Waals surface area contributed by atoms with Crippen molar-refractivity contribution in [2.75, 3.05) is 5.32 Å². The van der Waals surface area contributed by atoms with Gasteiger partial charge in [0.2, 0.25) is 0 Å². The minimum atomic E-state index is -3.36. The first-order valence-electron chi connectivity index (χ1n) is 9.32. The van der Waals surface area contributed by atoms with Crippen molar-refractivity contribution in [2.45, 2.75) is 23.8 Å². The molecule has 156 valence electrons. The van der Waals surface area contributed by atoms with Gasteiger partial charge in [0, 0.05) is 36.6 Å². The van der Waals surface area contributed by atoms with Crippen molar-refractivity contribution in [1.82, 2.24) is 9.29 Å². The Kier molecular flexibility index (Phi) is 5.17. The Morgan fingerprint density at radius 3 is 2.63 bits per heavy atom. The molecule has 1 aliphatic rings. The number of halogens is 2. The van der Waals surface area contributed by atoms with E-state index in [0.717, 1.165) is 17.7 Å². The summed E-state index contributed by atoms with van der Waals surface area (Å²) in [7, 11) is -1.73. The molecule has 3 N–H and O–H groups in total. The molecule has 0 aliphatic carbocycles. The van der Waals surface area contributed by atoms with E-state index in [-0.39, 0.29) is 22.3 Å². The summed E-state index contributed by atoms with van der Waals surface area (Å²) in [6.07, 6.45) is 2.49. The van der Waals surface area contributed by atoms with Crippen LogP contribution in [0.2, 0.25) is 0 Å². The minimum absolute atomic E-state index is 0.106. The molecule has 9 heteroatoms. The molecule has 1 amide bonds. The normalized spacial score (nSPS) is 21.0. The lowest BCUT2D eigenvalue weighted by molar-refractivity contribution is 0.101. The summed E-state index contributed by atoms with van der Waals surface area (Å²) in [5, 5.41) is 2.55. The van der Waals surface area contributed by atoms with Crippen LogP contribution in [0.4, 0.5) is 14.5 Å². The standard InChI is InChI=1S/C21H20F2N4O2S/c1-27-12-19-15(20(27)21(28)25-14-7-9-16(22)17(23)11-14)8-10-18(26-30(19,24)29)13-5-3-2-4-6-13/h2-7,9,11-12,18H,8,10H2,1H3,(H,25,28)(H2,24,26,29)/t18-,30?/m1/s1. The van der Waals surface area contributed by atoms with Crippen LogP contribution < -0.4 is 10.0 Å². The molecule has 30 heavy (non-hydrogen) atoms. The molecule has 2 heterocycles. The summed E-state index contributed by atoms with van der Waals surface area (Å²) in [5.74, 6) is -2.62. The molecule has 0 bridgehead atoms. The number of fused-ring (bicyclic) bond motifs is 1. The highest BCUT2D eigenvalue weighted by atomic mass is 32.2. The second-order valence-electron chi connectivity index (χ2n) is 7.19. The maximum atomic E-state index is 13.5. The summed E-state index contributed by atoms with van der Waals surface area (Å²) < 4.78 is 52.7. The van der Waals surface area contributed by atoms with Crippen molar-refractivity contribution < 1.29 is 17.8 Å². The molecular weight excluding hydrogens is 410 g/mol. The zero-order valence-electron chi connectivity index (χ0n) is 16.1. The van der Waals surface area contributed by atoms with Gasteiger partial charge in [0.15, 0.2) is 11.6 Å². The van der Waals surface area contributed by atoms with Crippen LogP contribution in [0.25, 0.3) is 0 Å². The van der Waals surface area contributed by atoms with Crippen molar-refractivity contribution in [2.24, 2.45) is 7.05 Å². The highest BCUT2D eigenvalue weighted by Gasteiger charge is 2.31. The molecule has 2 aromatic carbocycles. The van der Waals surface area contributed by atoms with Gasteiger partial charge in [-0.05, 0) is 30.5 Å². The van der Waals surface area contributed by atoms with Gasteiger partial charge in [-0.2, -0.15) is 0 Å². The van der Waals surface area contributed by atoms with Crippen LogP contribution in [0.3, 0.4) is 0 Å². The molecule has 0 fully saturated rings. The molecule has 4 rings (SSSR count). The molecule has 1 unspecified atom stereocenters. The van der Waals surface area contributed by atoms with Crippen molar-refractivity contribution in [3.63, 3.8) is 0 Å². The molecule has 0 saturated carbocycles. The van der Waals surface area contributed by atoms with Crippen molar-refractivity contribution in [3.05, 3.63) is 83.2 Å². The maximum absolute atomic E-state index is 13.5. The number of hydrogen-bond donors (Lipinski definition) is 3. The monoisotopic (exact) mass is 430 g/mol. The third-order valence-electron chi connectivity index (χ3n) is 5.14. The second-order valence-corrected chi connectivity index (χ2v) is 8.98. The van der Waals surface area contributed by atoms with E-state index in [4.69, 9.17) is 4.78 Å². The number of nitrogens with one attached hydrogen (secondary N) is 3. The number of nitrogens with zero attached hydrogens (tertiary/aromatic N) is 1. The van der Waals surface area contributed by atoms with Gasteiger partial charge in [0.1, 0.15) is 15.6 Å². The molecule has 2 atom stereocenters. The Morgan fingerprint density at radius 2 is 1.93 bits per heavy atom. The summed E-state index contributed by atoms with van der Waals surface area (Å²) in [6, 6.07) is 12.2. The number of anilines is 1. The summed E-state index contributed by atoms with van der Waals surface area (Å²) in [4.78, 5) is 13.2. The fraction of sp³-hybridized carbons (Fsp3) is 0.190. The number of aryl methyl sites for hydroxylation is 1.